The Morgan fingerprint density at radius 3 is 2.69 bits per heavy atom. The predicted molar refractivity (Wildman–Crippen MR) is 54.9 cm³/mol. The quantitative estimate of drug-likeness (QED) is 0.750. The Hall–Kier alpha value is -0.760. The Morgan fingerprint density at radius 1 is 1.38 bits per heavy atom. The minimum atomic E-state index is 0.543. The largest absolute Gasteiger partial charge is 0.383 e. The molecule has 0 unspecified atom stereocenters. The SMILES string of the molecule is Nc1nccc(Cl)c1C1CCCC1. The fraction of sp³-hybridized carbons (Fsp3) is 0.500. The standard InChI is InChI=1S/C10H13ClN2/c11-8-5-6-13-10(12)9(8)7-3-1-2-4-7/h5-7H,1-4H2,(H2,12,13). The van der Waals surface area contributed by atoms with E-state index in [1.807, 2.05) is 6.07 Å². The maximum absolute atomic E-state index is 6.09. The smallest absolute Gasteiger partial charge is 0.128 e. The highest BCUT2D eigenvalue weighted by Gasteiger charge is 2.21. The van der Waals surface area contributed by atoms with Gasteiger partial charge in [0.25, 0.3) is 0 Å². The summed E-state index contributed by atoms with van der Waals surface area (Å²) in [5.41, 5.74) is 6.88. The van der Waals surface area contributed by atoms with Gasteiger partial charge in [0, 0.05) is 16.8 Å². The fourth-order valence-electron chi connectivity index (χ4n) is 2.08. The molecule has 1 fully saturated rings. The number of nitrogen functional groups attached to an aromatic ring is 1. The molecular formula is C10H13ClN2. The van der Waals surface area contributed by atoms with Gasteiger partial charge in [-0.25, -0.2) is 4.98 Å². The number of nitrogens with zero attached hydrogens (tertiary/aromatic N) is 1. The molecule has 0 aliphatic heterocycles. The minimum absolute atomic E-state index is 0.543. The van der Waals surface area contributed by atoms with E-state index in [0.29, 0.717) is 11.7 Å². The van der Waals surface area contributed by atoms with Crippen molar-refractivity contribution in [2.24, 2.45) is 0 Å². The van der Waals surface area contributed by atoms with Crippen LogP contribution in [0.25, 0.3) is 0 Å². The average Bonchev–Trinajstić information content (AvgIpc) is 2.57. The summed E-state index contributed by atoms with van der Waals surface area (Å²) in [4.78, 5) is 4.08. The number of halogens is 1. The zero-order valence-electron chi connectivity index (χ0n) is 7.46. The molecule has 1 saturated carbocycles. The summed E-state index contributed by atoms with van der Waals surface area (Å²) < 4.78 is 0. The monoisotopic (exact) mass is 196 g/mol. The van der Waals surface area contributed by atoms with Crippen molar-refractivity contribution in [1.29, 1.82) is 0 Å². The predicted octanol–water partition coefficient (Wildman–Crippen LogP) is 2.97. The van der Waals surface area contributed by atoms with Crippen molar-refractivity contribution >= 4 is 17.4 Å². The van der Waals surface area contributed by atoms with Gasteiger partial charge in [-0.1, -0.05) is 24.4 Å². The van der Waals surface area contributed by atoms with Gasteiger partial charge in [0.05, 0.1) is 0 Å². The van der Waals surface area contributed by atoms with Gasteiger partial charge in [0.2, 0.25) is 0 Å². The highest BCUT2D eigenvalue weighted by molar-refractivity contribution is 6.31. The lowest BCUT2D eigenvalue weighted by Crippen LogP contribution is -2.02. The van der Waals surface area contributed by atoms with Crippen LogP contribution in [0, 0.1) is 0 Å². The van der Waals surface area contributed by atoms with E-state index in [2.05, 4.69) is 4.98 Å². The second-order valence-corrected chi connectivity index (χ2v) is 3.98. The van der Waals surface area contributed by atoms with Crippen LogP contribution in [0.5, 0.6) is 0 Å². The van der Waals surface area contributed by atoms with Crippen LogP contribution in [0.2, 0.25) is 5.02 Å². The van der Waals surface area contributed by atoms with Crippen LogP contribution >= 0.6 is 11.6 Å². The number of rotatable bonds is 1. The van der Waals surface area contributed by atoms with Crippen LogP contribution in [0.4, 0.5) is 5.82 Å². The summed E-state index contributed by atoms with van der Waals surface area (Å²) in [6.45, 7) is 0. The Labute approximate surface area is 83.1 Å². The second kappa shape index (κ2) is 3.54. The number of hydrogen-bond donors (Lipinski definition) is 1. The molecule has 0 aromatic carbocycles. The molecule has 70 valence electrons. The zero-order chi connectivity index (χ0) is 9.26. The zero-order valence-corrected chi connectivity index (χ0v) is 8.22. The molecule has 0 atom stereocenters. The van der Waals surface area contributed by atoms with E-state index in [9.17, 15) is 0 Å². The molecular weight excluding hydrogens is 184 g/mol. The van der Waals surface area contributed by atoms with E-state index in [4.69, 9.17) is 17.3 Å². The van der Waals surface area contributed by atoms with Gasteiger partial charge in [0.1, 0.15) is 5.82 Å². The first-order valence-corrected chi connectivity index (χ1v) is 5.06. The third kappa shape index (κ3) is 1.63. The summed E-state index contributed by atoms with van der Waals surface area (Å²) in [6, 6.07) is 1.82. The molecule has 2 nitrogen and oxygen atoms in total. The van der Waals surface area contributed by atoms with Crippen LogP contribution in [-0.2, 0) is 0 Å². The molecule has 2 N–H and O–H groups in total. The lowest BCUT2D eigenvalue weighted by Gasteiger charge is -2.12. The molecule has 3 heteroatoms. The molecule has 1 aromatic heterocycles. The van der Waals surface area contributed by atoms with Crippen molar-refractivity contribution in [2.75, 3.05) is 5.73 Å². The average molecular weight is 197 g/mol. The first-order valence-electron chi connectivity index (χ1n) is 4.69. The molecule has 0 amide bonds. The summed E-state index contributed by atoms with van der Waals surface area (Å²) in [5, 5.41) is 0.777. The third-order valence-corrected chi connectivity index (χ3v) is 3.06. The van der Waals surface area contributed by atoms with Gasteiger partial charge in [-0.2, -0.15) is 0 Å². The van der Waals surface area contributed by atoms with E-state index >= 15 is 0 Å². The van der Waals surface area contributed by atoms with E-state index in [1.165, 1.54) is 25.7 Å². The van der Waals surface area contributed by atoms with E-state index in [-0.39, 0.29) is 0 Å². The number of pyridine rings is 1. The van der Waals surface area contributed by atoms with Gasteiger partial charge >= 0.3 is 0 Å². The van der Waals surface area contributed by atoms with Crippen molar-refractivity contribution in [3.63, 3.8) is 0 Å². The molecule has 0 bridgehead atoms. The van der Waals surface area contributed by atoms with Crippen molar-refractivity contribution in [2.45, 2.75) is 31.6 Å². The molecule has 0 saturated heterocycles. The van der Waals surface area contributed by atoms with Crippen molar-refractivity contribution < 1.29 is 0 Å². The van der Waals surface area contributed by atoms with Crippen LogP contribution in [-0.4, -0.2) is 4.98 Å². The minimum Gasteiger partial charge on any atom is -0.383 e. The summed E-state index contributed by atoms with van der Waals surface area (Å²) >= 11 is 6.09. The number of hydrogen-bond acceptors (Lipinski definition) is 2. The maximum Gasteiger partial charge on any atom is 0.128 e. The Morgan fingerprint density at radius 2 is 2.08 bits per heavy atom. The molecule has 1 aliphatic carbocycles. The molecule has 13 heavy (non-hydrogen) atoms. The van der Waals surface area contributed by atoms with Gasteiger partial charge < -0.3 is 5.73 Å². The maximum atomic E-state index is 6.09. The molecule has 1 aliphatic rings. The van der Waals surface area contributed by atoms with Crippen molar-refractivity contribution in [3.05, 3.63) is 22.8 Å². The summed E-state index contributed by atoms with van der Waals surface area (Å²) in [7, 11) is 0. The number of anilines is 1. The number of aromatic nitrogens is 1. The van der Waals surface area contributed by atoms with Crippen molar-refractivity contribution in [3.8, 4) is 0 Å². The molecule has 2 rings (SSSR count). The Balaban J connectivity index is 2.37. The van der Waals surface area contributed by atoms with E-state index < -0.39 is 0 Å². The number of nitrogens with two attached hydrogens (primary N) is 1. The first-order chi connectivity index (χ1) is 6.29. The second-order valence-electron chi connectivity index (χ2n) is 3.57. The Bertz CT molecular complexity index is 286. The molecule has 1 heterocycles. The van der Waals surface area contributed by atoms with Crippen molar-refractivity contribution in [1.82, 2.24) is 4.98 Å². The Kier molecular flexibility index (Phi) is 2.40. The first kappa shape index (κ1) is 8.82. The van der Waals surface area contributed by atoms with Crippen LogP contribution in [0.3, 0.4) is 0 Å². The van der Waals surface area contributed by atoms with Crippen LogP contribution in [0.1, 0.15) is 37.2 Å². The van der Waals surface area contributed by atoms with Crippen LogP contribution in [0.15, 0.2) is 12.3 Å². The van der Waals surface area contributed by atoms with E-state index in [0.717, 1.165) is 10.6 Å². The van der Waals surface area contributed by atoms with Gasteiger partial charge in [0.15, 0.2) is 0 Å². The van der Waals surface area contributed by atoms with Gasteiger partial charge in [-0.15, -0.1) is 0 Å². The van der Waals surface area contributed by atoms with E-state index in [1.54, 1.807) is 6.20 Å². The summed E-state index contributed by atoms with van der Waals surface area (Å²) in [6.07, 6.45) is 6.64. The normalized spacial score (nSPS) is 17.9. The van der Waals surface area contributed by atoms with Crippen LogP contribution < -0.4 is 5.73 Å². The lowest BCUT2D eigenvalue weighted by atomic mass is 9.98. The lowest BCUT2D eigenvalue weighted by molar-refractivity contribution is 0.722. The van der Waals surface area contributed by atoms with Gasteiger partial charge in [-0.3, -0.25) is 0 Å². The topological polar surface area (TPSA) is 38.9 Å². The molecule has 0 radical (unpaired) electrons. The highest BCUT2D eigenvalue weighted by atomic mass is 35.5. The summed E-state index contributed by atoms with van der Waals surface area (Å²) in [5.74, 6) is 1.15. The molecule has 1 aromatic rings. The van der Waals surface area contributed by atoms with Gasteiger partial charge in [-0.05, 0) is 24.8 Å². The molecule has 0 spiro atoms. The fourth-order valence-corrected chi connectivity index (χ4v) is 2.39. The highest BCUT2D eigenvalue weighted by Crippen LogP contribution is 2.39. The third-order valence-electron chi connectivity index (χ3n) is 2.73.